The minimum absolute atomic E-state index is 0.298. The van der Waals surface area contributed by atoms with E-state index in [1.807, 2.05) is 0 Å². The molecule has 4 nitrogen and oxygen atoms in total. The molecule has 13 heavy (non-hydrogen) atoms. The van der Waals surface area contributed by atoms with Gasteiger partial charge in [-0.15, -0.1) is 0 Å². The second-order valence-corrected chi connectivity index (χ2v) is 3.57. The molecule has 1 unspecified atom stereocenters. The summed E-state index contributed by atoms with van der Waals surface area (Å²) in [6, 6.07) is 0.812. The van der Waals surface area contributed by atoms with Crippen LogP contribution in [-0.4, -0.2) is 34.6 Å². The summed E-state index contributed by atoms with van der Waals surface area (Å²) in [6.45, 7) is 9.47. The molecule has 4 heteroatoms. The SMILES string of the molecule is CCN(C(C)C)C(C)CC(N)=NO. The van der Waals surface area contributed by atoms with Crippen molar-refractivity contribution in [2.24, 2.45) is 10.9 Å². The van der Waals surface area contributed by atoms with Gasteiger partial charge in [0.1, 0.15) is 5.84 Å². The Labute approximate surface area is 80.4 Å². The van der Waals surface area contributed by atoms with E-state index in [1.54, 1.807) is 0 Å². The molecule has 1 atom stereocenters. The van der Waals surface area contributed by atoms with Crippen molar-refractivity contribution in [3.63, 3.8) is 0 Å². The van der Waals surface area contributed by atoms with Crippen LogP contribution in [0.1, 0.15) is 34.1 Å². The van der Waals surface area contributed by atoms with Crippen LogP contribution in [0.5, 0.6) is 0 Å². The molecule has 0 aliphatic carbocycles. The molecule has 0 fully saturated rings. The smallest absolute Gasteiger partial charge is 0.140 e. The molecule has 0 aromatic rings. The average molecular weight is 187 g/mol. The van der Waals surface area contributed by atoms with E-state index >= 15 is 0 Å². The predicted octanol–water partition coefficient (Wildman–Crippen LogP) is 1.24. The lowest BCUT2D eigenvalue weighted by Gasteiger charge is -2.31. The largest absolute Gasteiger partial charge is 0.409 e. The molecule has 0 aliphatic rings. The summed E-state index contributed by atoms with van der Waals surface area (Å²) in [4.78, 5) is 2.30. The molecule has 0 saturated carbocycles. The molecule has 0 heterocycles. The van der Waals surface area contributed by atoms with E-state index in [4.69, 9.17) is 10.9 Å². The molecule has 0 saturated heterocycles. The summed E-state index contributed by atoms with van der Waals surface area (Å²) in [7, 11) is 0. The summed E-state index contributed by atoms with van der Waals surface area (Å²) < 4.78 is 0. The van der Waals surface area contributed by atoms with Crippen molar-refractivity contribution in [3.05, 3.63) is 0 Å². The third-order valence-electron chi connectivity index (χ3n) is 2.23. The molecule has 0 rings (SSSR count). The fourth-order valence-electron chi connectivity index (χ4n) is 1.65. The first-order chi connectivity index (χ1) is 6.02. The lowest BCUT2D eigenvalue weighted by molar-refractivity contribution is 0.176. The van der Waals surface area contributed by atoms with Crippen LogP contribution in [0.2, 0.25) is 0 Å². The lowest BCUT2D eigenvalue weighted by Crippen LogP contribution is -2.40. The van der Waals surface area contributed by atoms with Crippen LogP contribution in [0.15, 0.2) is 5.16 Å². The molecule has 0 amide bonds. The highest BCUT2D eigenvalue weighted by molar-refractivity contribution is 5.80. The summed E-state index contributed by atoms with van der Waals surface area (Å²) in [5.74, 6) is 0.298. The molecule has 78 valence electrons. The van der Waals surface area contributed by atoms with Crippen molar-refractivity contribution in [1.29, 1.82) is 0 Å². The van der Waals surface area contributed by atoms with Crippen LogP contribution in [-0.2, 0) is 0 Å². The molecule has 0 radical (unpaired) electrons. The maximum absolute atomic E-state index is 8.42. The monoisotopic (exact) mass is 187 g/mol. The van der Waals surface area contributed by atoms with Crippen molar-refractivity contribution in [2.75, 3.05) is 6.54 Å². The van der Waals surface area contributed by atoms with Crippen molar-refractivity contribution in [3.8, 4) is 0 Å². The van der Waals surface area contributed by atoms with Gasteiger partial charge in [0.05, 0.1) is 0 Å². The van der Waals surface area contributed by atoms with Crippen molar-refractivity contribution in [1.82, 2.24) is 4.90 Å². The van der Waals surface area contributed by atoms with Crippen molar-refractivity contribution < 1.29 is 5.21 Å². The topological polar surface area (TPSA) is 61.8 Å². The first-order valence-electron chi connectivity index (χ1n) is 4.75. The van der Waals surface area contributed by atoms with E-state index in [-0.39, 0.29) is 0 Å². The summed E-state index contributed by atoms with van der Waals surface area (Å²) in [5, 5.41) is 11.4. The van der Waals surface area contributed by atoms with Crippen LogP contribution >= 0.6 is 0 Å². The van der Waals surface area contributed by atoms with Crippen LogP contribution in [0, 0.1) is 0 Å². The molecule has 0 bridgehead atoms. The van der Waals surface area contributed by atoms with E-state index in [2.05, 4.69) is 37.8 Å². The number of nitrogens with zero attached hydrogens (tertiary/aromatic N) is 2. The number of oxime groups is 1. The lowest BCUT2D eigenvalue weighted by atomic mass is 10.1. The Bertz CT molecular complexity index is 168. The fraction of sp³-hybridized carbons (Fsp3) is 0.889. The zero-order chi connectivity index (χ0) is 10.4. The van der Waals surface area contributed by atoms with E-state index < -0.39 is 0 Å². The van der Waals surface area contributed by atoms with Gasteiger partial charge in [-0.2, -0.15) is 0 Å². The molecule has 3 N–H and O–H groups in total. The van der Waals surface area contributed by atoms with E-state index in [9.17, 15) is 0 Å². The second-order valence-electron chi connectivity index (χ2n) is 3.57. The first-order valence-corrected chi connectivity index (χ1v) is 4.75. The summed E-state index contributed by atoms with van der Waals surface area (Å²) in [6.07, 6.45) is 0.614. The van der Waals surface area contributed by atoms with Crippen LogP contribution in [0.25, 0.3) is 0 Å². The fourth-order valence-corrected chi connectivity index (χ4v) is 1.65. The van der Waals surface area contributed by atoms with Gasteiger partial charge in [-0.1, -0.05) is 12.1 Å². The Morgan fingerprint density at radius 3 is 2.31 bits per heavy atom. The highest BCUT2D eigenvalue weighted by Gasteiger charge is 2.16. The molecular weight excluding hydrogens is 166 g/mol. The van der Waals surface area contributed by atoms with Crippen LogP contribution < -0.4 is 5.73 Å². The first kappa shape index (κ1) is 12.2. The number of amidine groups is 1. The number of hydrogen-bond acceptors (Lipinski definition) is 3. The quantitative estimate of drug-likeness (QED) is 0.294. The van der Waals surface area contributed by atoms with Gasteiger partial charge in [0.2, 0.25) is 0 Å². The van der Waals surface area contributed by atoms with Gasteiger partial charge in [-0.3, -0.25) is 4.90 Å². The van der Waals surface area contributed by atoms with Gasteiger partial charge < -0.3 is 10.9 Å². The normalized spacial score (nSPS) is 15.4. The third kappa shape index (κ3) is 4.12. The second kappa shape index (κ2) is 5.80. The molecule has 0 aliphatic heterocycles. The zero-order valence-electron chi connectivity index (χ0n) is 8.99. The zero-order valence-corrected chi connectivity index (χ0v) is 8.99. The minimum atomic E-state index is 0.298. The van der Waals surface area contributed by atoms with E-state index in [0.717, 1.165) is 6.54 Å². The van der Waals surface area contributed by atoms with Crippen molar-refractivity contribution in [2.45, 2.75) is 46.2 Å². The molecular formula is C9H21N3O. The Balaban J connectivity index is 4.13. The Hall–Kier alpha value is -0.770. The highest BCUT2D eigenvalue weighted by Crippen LogP contribution is 2.07. The molecule has 0 aromatic carbocycles. The van der Waals surface area contributed by atoms with Crippen LogP contribution in [0.4, 0.5) is 0 Å². The predicted molar refractivity (Wildman–Crippen MR) is 55.0 cm³/mol. The number of rotatable bonds is 5. The maximum Gasteiger partial charge on any atom is 0.140 e. The molecule has 0 aromatic heterocycles. The minimum Gasteiger partial charge on any atom is -0.409 e. The highest BCUT2D eigenvalue weighted by atomic mass is 16.4. The van der Waals surface area contributed by atoms with E-state index in [0.29, 0.717) is 24.3 Å². The Morgan fingerprint density at radius 2 is 2.00 bits per heavy atom. The van der Waals surface area contributed by atoms with Gasteiger partial charge in [0.15, 0.2) is 0 Å². The van der Waals surface area contributed by atoms with Gasteiger partial charge in [0.25, 0.3) is 0 Å². The van der Waals surface area contributed by atoms with Gasteiger partial charge >= 0.3 is 0 Å². The van der Waals surface area contributed by atoms with Gasteiger partial charge in [-0.05, 0) is 27.3 Å². The standard InChI is InChI=1S/C9H21N3O/c1-5-12(7(2)3)8(4)6-9(10)11-13/h7-8,13H,5-6H2,1-4H3,(H2,10,11). The maximum atomic E-state index is 8.42. The Morgan fingerprint density at radius 1 is 1.46 bits per heavy atom. The van der Waals surface area contributed by atoms with E-state index in [1.165, 1.54) is 0 Å². The van der Waals surface area contributed by atoms with Gasteiger partial charge in [-0.25, -0.2) is 0 Å². The van der Waals surface area contributed by atoms with Crippen LogP contribution in [0.3, 0.4) is 0 Å². The summed E-state index contributed by atoms with van der Waals surface area (Å²) in [5.41, 5.74) is 5.44. The van der Waals surface area contributed by atoms with Crippen molar-refractivity contribution >= 4 is 5.84 Å². The van der Waals surface area contributed by atoms with Gasteiger partial charge in [0, 0.05) is 18.5 Å². The number of nitrogens with two attached hydrogens (primary N) is 1. The Kier molecular flexibility index (Phi) is 5.46. The third-order valence-corrected chi connectivity index (χ3v) is 2.23. The summed E-state index contributed by atoms with van der Waals surface area (Å²) >= 11 is 0. The average Bonchev–Trinajstić information content (AvgIpc) is 2.04. The molecule has 0 spiro atoms. The number of hydrogen-bond donors (Lipinski definition) is 2.